The molecule has 29 heavy (non-hydrogen) atoms. The van der Waals surface area contributed by atoms with E-state index >= 15 is 0 Å². The molecule has 0 spiro atoms. The second kappa shape index (κ2) is 9.25. The normalized spacial score (nSPS) is 11.0. The van der Waals surface area contributed by atoms with Gasteiger partial charge in [-0.3, -0.25) is 14.2 Å². The van der Waals surface area contributed by atoms with Gasteiger partial charge in [0.15, 0.2) is 0 Å². The highest BCUT2D eigenvalue weighted by atomic mass is 35.5. The minimum Gasteiger partial charge on any atom is -0.356 e. The van der Waals surface area contributed by atoms with Crippen LogP contribution in [-0.2, 0) is 11.2 Å². The first-order valence-corrected chi connectivity index (χ1v) is 10.2. The molecule has 0 aliphatic rings. The quantitative estimate of drug-likeness (QED) is 0.577. The number of benzene rings is 2. The van der Waals surface area contributed by atoms with E-state index in [1.54, 1.807) is 28.8 Å². The Hall–Kier alpha value is -2.63. The molecule has 1 heterocycles. The lowest BCUT2D eigenvalue weighted by Crippen LogP contribution is -2.26. The lowest BCUT2D eigenvalue weighted by Gasteiger charge is -2.08. The van der Waals surface area contributed by atoms with Gasteiger partial charge >= 0.3 is 0 Å². The molecule has 0 aliphatic carbocycles. The van der Waals surface area contributed by atoms with Crippen molar-refractivity contribution < 1.29 is 9.59 Å². The van der Waals surface area contributed by atoms with E-state index in [0.29, 0.717) is 23.7 Å². The number of hydrogen-bond donors (Lipinski definition) is 2. The summed E-state index contributed by atoms with van der Waals surface area (Å²) in [6.45, 7) is 5.12. The Morgan fingerprint density at radius 1 is 1.07 bits per heavy atom. The number of halogens is 1. The third-order valence-electron chi connectivity index (χ3n) is 5.07. The van der Waals surface area contributed by atoms with E-state index in [-0.39, 0.29) is 18.2 Å². The number of nitrogens with zero attached hydrogens (tertiary/aromatic N) is 1. The molecule has 1 aromatic heterocycles. The first kappa shape index (κ1) is 21.1. The van der Waals surface area contributed by atoms with Crippen molar-refractivity contribution >= 4 is 34.3 Å². The van der Waals surface area contributed by atoms with Crippen LogP contribution in [0, 0.1) is 13.8 Å². The van der Waals surface area contributed by atoms with Crippen molar-refractivity contribution in [1.82, 2.24) is 9.88 Å². The van der Waals surface area contributed by atoms with Gasteiger partial charge in [0, 0.05) is 28.2 Å². The van der Waals surface area contributed by atoms with Crippen LogP contribution in [0.1, 0.15) is 40.0 Å². The van der Waals surface area contributed by atoms with Crippen molar-refractivity contribution in [1.29, 1.82) is 0 Å². The number of nitrogens with one attached hydrogen (secondary N) is 1. The number of nitrogens with two attached hydrogens (primary N) is 1. The molecule has 0 radical (unpaired) electrons. The van der Waals surface area contributed by atoms with Crippen LogP contribution < -0.4 is 11.1 Å². The van der Waals surface area contributed by atoms with E-state index in [1.165, 1.54) is 0 Å². The predicted octanol–water partition coefficient (Wildman–Crippen LogP) is 4.00. The van der Waals surface area contributed by atoms with Gasteiger partial charge in [-0.25, -0.2) is 0 Å². The molecule has 2 aromatic carbocycles. The first-order valence-electron chi connectivity index (χ1n) is 9.80. The number of carbonyl (C=O) groups excluding carboxylic acids is 2. The number of unbranched alkanes of at least 4 members (excludes halogenated alkanes) is 1. The van der Waals surface area contributed by atoms with E-state index in [1.807, 2.05) is 32.0 Å². The van der Waals surface area contributed by atoms with Crippen LogP contribution in [0.5, 0.6) is 0 Å². The number of aromatic nitrogens is 1. The van der Waals surface area contributed by atoms with Gasteiger partial charge in [-0.05, 0) is 75.2 Å². The fraction of sp³-hybridized carbons (Fsp3) is 0.304. The molecular formula is C23H26ClN3O2. The molecule has 3 N–H and O–H groups in total. The number of fused-ring (bicyclic) bond motifs is 1. The average molecular weight is 412 g/mol. The van der Waals surface area contributed by atoms with E-state index in [2.05, 4.69) is 5.32 Å². The topological polar surface area (TPSA) is 77.1 Å². The summed E-state index contributed by atoms with van der Waals surface area (Å²) in [5.41, 5.74) is 9.59. The van der Waals surface area contributed by atoms with Crippen LogP contribution in [0.25, 0.3) is 10.9 Å². The Labute approximate surface area is 175 Å². The molecule has 3 rings (SSSR count). The second-order valence-electron chi connectivity index (χ2n) is 7.25. The number of hydrogen-bond acceptors (Lipinski definition) is 3. The van der Waals surface area contributed by atoms with Gasteiger partial charge in [0.1, 0.15) is 0 Å². The van der Waals surface area contributed by atoms with Gasteiger partial charge in [0.05, 0.1) is 11.9 Å². The molecule has 1 amide bonds. The lowest BCUT2D eigenvalue weighted by atomic mass is 10.1. The third kappa shape index (κ3) is 4.69. The number of carbonyl (C=O) groups is 2. The van der Waals surface area contributed by atoms with E-state index in [9.17, 15) is 9.59 Å². The summed E-state index contributed by atoms with van der Waals surface area (Å²) >= 11 is 5.96. The maximum absolute atomic E-state index is 13.2. The summed E-state index contributed by atoms with van der Waals surface area (Å²) in [5, 5.41) is 4.46. The van der Waals surface area contributed by atoms with E-state index in [4.69, 9.17) is 17.3 Å². The molecule has 6 heteroatoms. The van der Waals surface area contributed by atoms with Crippen LogP contribution in [0.15, 0.2) is 42.5 Å². The van der Waals surface area contributed by atoms with Gasteiger partial charge in [-0.2, -0.15) is 0 Å². The maximum atomic E-state index is 13.2. The van der Waals surface area contributed by atoms with E-state index in [0.717, 1.165) is 40.6 Å². The Bertz CT molecular complexity index is 1040. The number of amides is 1. The molecule has 3 aromatic rings. The zero-order valence-corrected chi connectivity index (χ0v) is 17.6. The van der Waals surface area contributed by atoms with Gasteiger partial charge in [0.25, 0.3) is 5.91 Å². The van der Waals surface area contributed by atoms with Crippen LogP contribution in [0.2, 0.25) is 5.02 Å². The number of rotatable bonds is 7. The molecule has 152 valence electrons. The molecule has 0 atom stereocenters. The standard InChI is InChI=1S/C23H26ClN3O2/c1-15-5-10-21-20(13-15)19(14-22(28)26-12-4-3-11-25)16(2)27(21)23(29)17-6-8-18(24)9-7-17/h5-10,13H,3-4,11-12,14,25H2,1-2H3,(H,26,28). The highest BCUT2D eigenvalue weighted by Gasteiger charge is 2.21. The zero-order chi connectivity index (χ0) is 21.0. The molecule has 0 bridgehead atoms. The average Bonchev–Trinajstić information content (AvgIpc) is 2.96. The molecule has 0 fully saturated rings. The third-order valence-corrected chi connectivity index (χ3v) is 5.33. The first-order chi connectivity index (χ1) is 13.9. The van der Waals surface area contributed by atoms with Crippen molar-refractivity contribution in [3.63, 3.8) is 0 Å². The molecule has 0 unspecified atom stereocenters. The minimum atomic E-state index is -0.136. The molecule has 0 saturated heterocycles. The zero-order valence-electron chi connectivity index (χ0n) is 16.8. The Kier molecular flexibility index (Phi) is 6.72. The predicted molar refractivity (Wildman–Crippen MR) is 118 cm³/mol. The summed E-state index contributed by atoms with van der Waals surface area (Å²) < 4.78 is 1.69. The Morgan fingerprint density at radius 3 is 2.48 bits per heavy atom. The highest BCUT2D eigenvalue weighted by Crippen LogP contribution is 2.28. The molecule has 0 saturated carbocycles. The summed E-state index contributed by atoms with van der Waals surface area (Å²) in [6.07, 6.45) is 1.97. The highest BCUT2D eigenvalue weighted by molar-refractivity contribution is 6.30. The van der Waals surface area contributed by atoms with Crippen LogP contribution in [-0.4, -0.2) is 29.5 Å². The van der Waals surface area contributed by atoms with Crippen molar-refractivity contribution in [2.45, 2.75) is 33.1 Å². The monoisotopic (exact) mass is 411 g/mol. The van der Waals surface area contributed by atoms with Crippen LogP contribution >= 0.6 is 11.6 Å². The van der Waals surface area contributed by atoms with Gasteiger partial charge in [-0.1, -0.05) is 23.2 Å². The van der Waals surface area contributed by atoms with Crippen molar-refractivity contribution in [3.8, 4) is 0 Å². The van der Waals surface area contributed by atoms with Gasteiger partial charge in [-0.15, -0.1) is 0 Å². The van der Waals surface area contributed by atoms with Crippen molar-refractivity contribution in [3.05, 3.63) is 69.9 Å². The SMILES string of the molecule is Cc1ccc2c(c1)c(CC(=O)NCCCCN)c(C)n2C(=O)c1ccc(Cl)cc1. The minimum absolute atomic E-state index is 0.0513. The Balaban J connectivity index is 1.97. The largest absolute Gasteiger partial charge is 0.356 e. The number of aryl methyl sites for hydroxylation is 1. The molecule has 5 nitrogen and oxygen atoms in total. The Morgan fingerprint density at radius 2 is 1.79 bits per heavy atom. The molecule has 0 aliphatic heterocycles. The lowest BCUT2D eigenvalue weighted by molar-refractivity contribution is -0.120. The van der Waals surface area contributed by atoms with Crippen LogP contribution in [0.4, 0.5) is 0 Å². The smallest absolute Gasteiger partial charge is 0.262 e. The summed E-state index contributed by atoms with van der Waals surface area (Å²) in [5.74, 6) is -0.188. The second-order valence-corrected chi connectivity index (χ2v) is 7.69. The van der Waals surface area contributed by atoms with Crippen molar-refractivity contribution in [2.75, 3.05) is 13.1 Å². The van der Waals surface area contributed by atoms with Crippen LogP contribution in [0.3, 0.4) is 0 Å². The molecular weight excluding hydrogens is 386 g/mol. The maximum Gasteiger partial charge on any atom is 0.262 e. The van der Waals surface area contributed by atoms with Gasteiger partial charge in [0.2, 0.25) is 5.91 Å². The summed E-state index contributed by atoms with van der Waals surface area (Å²) in [4.78, 5) is 25.7. The van der Waals surface area contributed by atoms with Crippen molar-refractivity contribution in [2.24, 2.45) is 5.73 Å². The summed E-state index contributed by atoms with van der Waals surface area (Å²) in [7, 11) is 0. The van der Waals surface area contributed by atoms with E-state index < -0.39 is 0 Å². The fourth-order valence-corrected chi connectivity index (χ4v) is 3.65. The fourth-order valence-electron chi connectivity index (χ4n) is 3.52. The summed E-state index contributed by atoms with van der Waals surface area (Å²) in [6, 6.07) is 12.8. The van der Waals surface area contributed by atoms with Gasteiger partial charge < -0.3 is 11.1 Å².